The van der Waals surface area contributed by atoms with E-state index in [1.807, 2.05) is 32.9 Å². The maximum atomic E-state index is 12.1. The van der Waals surface area contributed by atoms with E-state index < -0.39 is 0 Å². The second-order valence-corrected chi connectivity index (χ2v) is 6.15. The molecule has 0 heterocycles. The fourth-order valence-corrected chi connectivity index (χ4v) is 2.27. The van der Waals surface area contributed by atoms with E-state index in [1.165, 1.54) is 0 Å². The fourth-order valence-electron chi connectivity index (χ4n) is 2.27. The first-order valence-electron chi connectivity index (χ1n) is 8.94. The molecular formula is C21H26N2O4. The summed E-state index contributed by atoms with van der Waals surface area (Å²) in [5.74, 6) is 1.73. The number of hydrogen-bond donors (Lipinski definition) is 1. The van der Waals surface area contributed by atoms with Gasteiger partial charge in [0.05, 0.1) is 26.0 Å². The van der Waals surface area contributed by atoms with Gasteiger partial charge in [0, 0.05) is 5.56 Å². The molecule has 0 saturated carbocycles. The van der Waals surface area contributed by atoms with Crippen molar-refractivity contribution in [1.29, 1.82) is 0 Å². The number of benzene rings is 2. The average Bonchev–Trinajstić information content (AvgIpc) is 2.67. The van der Waals surface area contributed by atoms with Gasteiger partial charge in [-0.2, -0.15) is 5.10 Å². The van der Waals surface area contributed by atoms with Gasteiger partial charge < -0.3 is 14.2 Å². The van der Waals surface area contributed by atoms with Crippen molar-refractivity contribution in [2.24, 2.45) is 5.10 Å². The van der Waals surface area contributed by atoms with Crippen molar-refractivity contribution in [1.82, 2.24) is 5.43 Å². The first-order chi connectivity index (χ1) is 13.0. The third-order valence-electron chi connectivity index (χ3n) is 3.52. The number of carbonyl (C=O) groups is 1. The number of hydrogen-bond acceptors (Lipinski definition) is 5. The van der Waals surface area contributed by atoms with Crippen LogP contribution in [0, 0.1) is 0 Å². The Hall–Kier alpha value is -3.02. The van der Waals surface area contributed by atoms with Gasteiger partial charge >= 0.3 is 0 Å². The SMILES string of the molecule is CCCOc1ccc(C(=O)N/N=C/c2ccc(OC(C)C)c(OC)c2)cc1. The highest BCUT2D eigenvalue weighted by molar-refractivity contribution is 5.95. The van der Waals surface area contributed by atoms with Crippen LogP contribution in [0.2, 0.25) is 0 Å². The number of ether oxygens (including phenoxy) is 3. The molecule has 6 nitrogen and oxygen atoms in total. The quantitative estimate of drug-likeness (QED) is 0.534. The molecule has 144 valence electrons. The van der Waals surface area contributed by atoms with Crippen LogP contribution in [0.5, 0.6) is 17.2 Å². The standard InChI is InChI=1S/C21H26N2O4/c1-5-12-26-18-9-7-17(8-10-18)21(24)23-22-14-16-6-11-19(27-15(2)3)20(13-16)25-4/h6-11,13-15H,5,12H2,1-4H3,(H,23,24)/b22-14+. The highest BCUT2D eigenvalue weighted by Gasteiger charge is 2.07. The molecule has 6 heteroatoms. The lowest BCUT2D eigenvalue weighted by Gasteiger charge is -2.13. The van der Waals surface area contributed by atoms with Crippen molar-refractivity contribution in [2.45, 2.75) is 33.3 Å². The maximum Gasteiger partial charge on any atom is 0.271 e. The maximum absolute atomic E-state index is 12.1. The molecule has 1 N–H and O–H groups in total. The van der Waals surface area contributed by atoms with Crippen LogP contribution in [-0.4, -0.2) is 31.9 Å². The average molecular weight is 370 g/mol. The van der Waals surface area contributed by atoms with Gasteiger partial charge in [0.1, 0.15) is 5.75 Å². The molecule has 0 atom stereocenters. The van der Waals surface area contributed by atoms with Crippen molar-refractivity contribution in [3.05, 3.63) is 53.6 Å². The molecule has 0 aliphatic carbocycles. The zero-order valence-corrected chi connectivity index (χ0v) is 16.2. The Morgan fingerprint density at radius 3 is 2.52 bits per heavy atom. The topological polar surface area (TPSA) is 69.2 Å². The number of carbonyl (C=O) groups excluding carboxylic acids is 1. The number of nitrogens with zero attached hydrogens (tertiary/aromatic N) is 1. The number of amides is 1. The summed E-state index contributed by atoms with van der Waals surface area (Å²) in [4.78, 5) is 12.1. The molecule has 0 bridgehead atoms. The number of rotatable bonds is 9. The molecule has 2 rings (SSSR count). The van der Waals surface area contributed by atoms with E-state index in [9.17, 15) is 4.79 Å². The Morgan fingerprint density at radius 1 is 1.15 bits per heavy atom. The summed E-state index contributed by atoms with van der Waals surface area (Å²) < 4.78 is 16.5. The monoisotopic (exact) mass is 370 g/mol. The molecule has 0 aliphatic heterocycles. The Balaban J connectivity index is 1.97. The molecule has 0 aromatic heterocycles. The number of nitrogens with one attached hydrogen (secondary N) is 1. The van der Waals surface area contributed by atoms with Crippen molar-refractivity contribution in [3.8, 4) is 17.2 Å². The zero-order chi connectivity index (χ0) is 19.6. The van der Waals surface area contributed by atoms with Crippen LogP contribution in [0.15, 0.2) is 47.6 Å². The minimum Gasteiger partial charge on any atom is -0.494 e. The predicted molar refractivity (Wildman–Crippen MR) is 106 cm³/mol. The van der Waals surface area contributed by atoms with Gasteiger partial charge in [-0.15, -0.1) is 0 Å². The normalized spacial score (nSPS) is 10.9. The van der Waals surface area contributed by atoms with Crippen molar-refractivity contribution in [2.75, 3.05) is 13.7 Å². The molecule has 2 aromatic carbocycles. The summed E-state index contributed by atoms with van der Waals surface area (Å²) in [7, 11) is 1.58. The number of methoxy groups -OCH3 is 1. The van der Waals surface area contributed by atoms with E-state index in [0.717, 1.165) is 17.7 Å². The molecule has 2 aromatic rings. The fraction of sp³-hybridized carbons (Fsp3) is 0.333. The lowest BCUT2D eigenvalue weighted by Crippen LogP contribution is -2.17. The molecule has 0 saturated heterocycles. The van der Waals surface area contributed by atoms with Crippen LogP contribution < -0.4 is 19.6 Å². The molecule has 0 unspecified atom stereocenters. The molecule has 1 amide bonds. The Bertz CT molecular complexity index is 770. The van der Waals surface area contributed by atoms with Crippen LogP contribution in [0.4, 0.5) is 0 Å². The van der Waals surface area contributed by atoms with Gasteiger partial charge in [-0.1, -0.05) is 6.92 Å². The first-order valence-corrected chi connectivity index (χ1v) is 8.94. The zero-order valence-electron chi connectivity index (χ0n) is 16.2. The van der Waals surface area contributed by atoms with Crippen LogP contribution in [0.1, 0.15) is 43.1 Å². The van der Waals surface area contributed by atoms with Crippen LogP contribution >= 0.6 is 0 Å². The lowest BCUT2D eigenvalue weighted by molar-refractivity contribution is 0.0955. The minimum atomic E-state index is -0.292. The van der Waals surface area contributed by atoms with E-state index in [2.05, 4.69) is 10.5 Å². The second kappa shape index (κ2) is 10.2. The van der Waals surface area contributed by atoms with E-state index >= 15 is 0 Å². The highest BCUT2D eigenvalue weighted by Crippen LogP contribution is 2.28. The molecule has 0 fully saturated rings. The smallest absolute Gasteiger partial charge is 0.271 e. The summed E-state index contributed by atoms with van der Waals surface area (Å²) in [5.41, 5.74) is 3.80. The molecule has 0 radical (unpaired) electrons. The van der Waals surface area contributed by atoms with Gasteiger partial charge in [-0.25, -0.2) is 5.43 Å². The minimum absolute atomic E-state index is 0.0523. The molecule has 0 aliphatic rings. The highest BCUT2D eigenvalue weighted by atomic mass is 16.5. The summed E-state index contributed by atoms with van der Waals surface area (Å²) in [5, 5.41) is 4.00. The second-order valence-electron chi connectivity index (χ2n) is 6.15. The third kappa shape index (κ3) is 6.33. The van der Waals surface area contributed by atoms with Gasteiger partial charge in [0.15, 0.2) is 11.5 Å². The summed E-state index contributed by atoms with van der Waals surface area (Å²) in [6.45, 7) is 6.60. The predicted octanol–water partition coefficient (Wildman–Crippen LogP) is 4.04. The van der Waals surface area contributed by atoms with Crippen LogP contribution in [-0.2, 0) is 0 Å². The van der Waals surface area contributed by atoms with Crippen molar-refractivity contribution < 1.29 is 19.0 Å². The summed E-state index contributed by atoms with van der Waals surface area (Å²) in [6, 6.07) is 12.4. The Morgan fingerprint density at radius 2 is 1.89 bits per heavy atom. The Kier molecular flexibility index (Phi) is 7.67. The largest absolute Gasteiger partial charge is 0.494 e. The van der Waals surface area contributed by atoms with E-state index in [0.29, 0.717) is 23.7 Å². The summed E-state index contributed by atoms with van der Waals surface area (Å²) >= 11 is 0. The van der Waals surface area contributed by atoms with Gasteiger partial charge in [-0.05, 0) is 68.3 Å². The first kappa shape index (κ1) is 20.3. The number of hydrazone groups is 1. The van der Waals surface area contributed by atoms with E-state index in [1.54, 1.807) is 43.7 Å². The van der Waals surface area contributed by atoms with Crippen molar-refractivity contribution in [3.63, 3.8) is 0 Å². The van der Waals surface area contributed by atoms with Gasteiger partial charge in [0.2, 0.25) is 0 Å². The van der Waals surface area contributed by atoms with Crippen LogP contribution in [0.25, 0.3) is 0 Å². The van der Waals surface area contributed by atoms with Gasteiger partial charge in [0.25, 0.3) is 5.91 Å². The molecule has 27 heavy (non-hydrogen) atoms. The van der Waals surface area contributed by atoms with Gasteiger partial charge in [-0.3, -0.25) is 4.79 Å². The lowest BCUT2D eigenvalue weighted by atomic mass is 10.2. The van der Waals surface area contributed by atoms with E-state index in [4.69, 9.17) is 14.2 Å². The molecular weight excluding hydrogens is 344 g/mol. The Labute approximate surface area is 160 Å². The van der Waals surface area contributed by atoms with E-state index in [-0.39, 0.29) is 12.0 Å². The summed E-state index contributed by atoms with van der Waals surface area (Å²) in [6.07, 6.45) is 2.54. The third-order valence-corrected chi connectivity index (χ3v) is 3.52. The van der Waals surface area contributed by atoms with Crippen LogP contribution in [0.3, 0.4) is 0 Å². The van der Waals surface area contributed by atoms with Crippen molar-refractivity contribution >= 4 is 12.1 Å². The molecule has 0 spiro atoms.